The summed E-state index contributed by atoms with van der Waals surface area (Å²) in [6.07, 6.45) is 5.30. The van der Waals surface area contributed by atoms with Gasteiger partial charge in [0.1, 0.15) is 5.75 Å². The molecular weight excluding hydrogens is 324 g/mol. The molecule has 1 atom stereocenters. The topological polar surface area (TPSA) is 38.5 Å². The SMILES string of the molecule is COc1cccc(C[C@H]2CCCN2Cc2ncc(-c3ccccc3)o2)c1. The van der Waals surface area contributed by atoms with Crippen molar-refractivity contribution in [2.24, 2.45) is 0 Å². The van der Waals surface area contributed by atoms with Gasteiger partial charge in [0.25, 0.3) is 0 Å². The molecule has 0 amide bonds. The largest absolute Gasteiger partial charge is 0.497 e. The Hall–Kier alpha value is -2.59. The summed E-state index contributed by atoms with van der Waals surface area (Å²) >= 11 is 0. The third-order valence-corrected chi connectivity index (χ3v) is 5.05. The zero-order valence-electron chi connectivity index (χ0n) is 15.1. The lowest BCUT2D eigenvalue weighted by atomic mass is 10.0. The highest BCUT2D eigenvalue weighted by atomic mass is 16.5. The van der Waals surface area contributed by atoms with E-state index in [9.17, 15) is 0 Å². The van der Waals surface area contributed by atoms with Crippen molar-refractivity contribution in [3.05, 3.63) is 72.2 Å². The van der Waals surface area contributed by atoms with Crippen LogP contribution in [-0.2, 0) is 13.0 Å². The first-order chi connectivity index (χ1) is 12.8. The van der Waals surface area contributed by atoms with E-state index in [4.69, 9.17) is 9.15 Å². The number of aromatic nitrogens is 1. The quantitative estimate of drug-likeness (QED) is 0.655. The van der Waals surface area contributed by atoms with Crippen LogP contribution in [0.1, 0.15) is 24.3 Å². The Bertz CT molecular complexity index is 844. The minimum atomic E-state index is 0.522. The van der Waals surface area contributed by atoms with Gasteiger partial charge in [-0.05, 0) is 43.5 Å². The number of benzene rings is 2. The van der Waals surface area contributed by atoms with E-state index < -0.39 is 0 Å². The zero-order valence-corrected chi connectivity index (χ0v) is 15.1. The highest BCUT2D eigenvalue weighted by Gasteiger charge is 2.26. The summed E-state index contributed by atoms with van der Waals surface area (Å²) in [5.74, 6) is 2.55. The summed E-state index contributed by atoms with van der Waals surface area (Å²) < 4.78 is 11.3. The van der Waals surface area contributed by atoms with Gasteiger partial charge >= 0.3 is 0 Å². The lowest BCUT2D eigenvalue weighted by molar-refractivity contribution is 0.221. The smallest absolute Gasteiger partial charge is 0.209 e. The van der Waals surface area contributed by atoms with E-state index in [1.54, 1.807) is 7.11 Å². The van der Waals surface area contributed by atoms with Crippen molar-refractivity contribution in [1.82, 2.24) is 9.88 Å². The summed E-state index contributed by atoms with van der Waals surface area (Å²) in [5, 5.41) is 0. The van der Waals surface area contributed by atoms with Crippen molar-refractivity contribution in [2.75, 3.05) is 13.7 Å². The standard InChI is InChI=1S/C22H24N2O2/c1-25-20-11-5-7-17(14-20)13-19-10-6-12-24(19)16-22-23-15-21(26-22)18-8-3-2-4-9-18/h2-5,7-9,11,14-15,19H,6,10,12-13,16H2,1H3/t19-/m1/s1. The molecule has 4 nitrogen and oxygen atoms in total. The number of methoxy groups -OCH3 is 1. The van der Waals surface area contributed by atoms with E-state index in [1.807, 2.05) is 42.6 Å². The molecule has 0 N–H and O–H groups in total. The molecule has 1 aromatic heterocycles. The number of rotatable bonds is 6. The maximum atomic E-state index is 5.99. The lowest BCUT2D eigenvalue weighted by Gasteiger charge is -2.23. The molecule has 3 aromatic rings. The Morgan fingerprint density at radius 2 is 2.04 bits per heavy atom. The summed E-state index contributed by atoms with van der Waals surface area (Å²) in [4.78, 5) is 6.98. The van der Waals surface area contributed by atoms with Gasteiger partial charge in [0, 0.05) is 11.6 Å². The second kappa shape index (κ2) is 7.75. The minimum Gasteiger partial charge on any atom is -0.497 e. The van der Waals surface area contributed by atoms with E-state index in [0.29, 0.717) is 6.04 Å². The normalized spacial score (nSPS) is 17.5. The van der Waals surface area contributed by atoms with Crippen LogP contribution in [0.3, 0.4) is 0 Å². The summed E-state index contributed by atoms with van der Waals surface area (Å²) in [6.45, 7) is 1.86. The third-order valence-electron chi connectivity index (χ3n) is 5.05. The number of ether oxygens (including phenoxy) is 1. The maximum Gasteiger partial charge on any atom is 0.209 e. The van der Waals surface area contributed by atoms with Crippen molar-refractivity contribution in [1.29, 1.82) is 0 Å². The number of hydrogen-bond donors (Lipinski definition) is 0. The van der Waals surface area contributed by atoms with Crippen LogP contribution in [0.5, 0.6) is 5.75 Å². The lowest BCUT2D eigenvalue weighted by Crippen LogP contribution is -2.30. The van der Waals surface area contributed by atoms with Crippen molar-refractivity contribution in [2.45, 2.75) is 31.8 Å². The van der Waals surface area contributed by atoms with E-state index >= 15 is 0 Å². The molecule has 26 heavy (non-hydrogen) atoms. The Kier molecular flexibility index (Phi) is 5.02. The molecule has 0 saturated carbocycles. The molecule has 0 bridgehead atoms. The Morgan fingerprint density at radius 3 is 2.88 bits per heavy atom. The summed E-state index contributed by atoms with van der Waals surface area (Å²) in [7, 11) is 1.72. The molecule has 1 aliphatic heterocycles. The van der Waals surface area contributed by atoms with Gasteiger partial charge in [0.15, 0.2) is 5.76 Å². The van der Waals surface area contributed by atoms with Gasteiger partial charge < -0.3 is 9.15 Å². The van der Waals surface area contributed by atoms with Gasteiger partial charge in [-0.2, -0.15) is 0 Å². The van der Waals surface area contributed by atoms with Crippen LogP contribution >= 0.6 is 0 Å². The van der Waals surface area contributed by atoms with E-state index in [2.05, 4.69) is 28.1 Å². The van der Waals surface area contributed by atoms with Crippen molar-refractivity contribution in [3.63, 3.8) is 0 Å². The second-order valence-electron chi connectivity index (χ2n) is 6.81. The first-order valence-electron chi connectivity index (χ1n) is 9.19. The van der Waals surface area contributed by atoms with Gasteiger partial charge in [-0.1, -0.05) is 42.5 Å². The Labute approximate surface area is 154 Å². The Balaban J connectivity index is 1.43. The molecule has 2 heterocycles. The summed E-state index contributed by atoms with van der Waals surface area (Å²) in [6, 6.07) is 19.0. The van der Waals surface area contributed by atoms with Crippen LogP contribution in [0.25, 0.3) is 11.3 Å². The van der Waals surface area contributed by atoms with Crippen LogP contribution in [-0.4, -0.2) is 29.6 Å². The van der Waals surface area contributed by atoms with Crippen LogP contribution in [0.2, 0.25) is 0 Å². The van der Waals surface area contributed by atoms with Crippen LogP contribution < -0.4 is 4.74 Å². The third kappa shape index (κ3) is 3.81. The molecule has 134 valence electrons. The van der Waals surface area contributed by atoms with Crippen molar-refractivity contribution in [3.8, 4) is 17.1 Å². The predicted molar refractivity (Wildman–Crippen MR) is 102 cm³/mol. The predicted octanol–water partition coefficient (Wildman–Crippen LogP) is 4.56. The molecule has 2 aromatic carbocycles. The van der Waals surface area contributed by atoms with E-state index in [1.165, 1.54) is 18.4 Å². The first kappa shape index (κ1) is 16.9. The fraction of sp³-hybridized carbons (Fsp3) is 0.318. The number of hydrogen-bond acceptors (Lipinski definition) is 4. The van der Waals surface area contributed by atoms with Gasteiger partial charge in [-0.3, -0.25) is 4.90 Å². The van der Waals surface area contributed by atoms with Crippen molar-refractivity contribution >= 4 is 0 Å². The van der Waals surface area contributed by atoms with Gasteiger partial charge in [0.2, 0.25) is 5.89 Å². The second-order valence-corrected chi connectivity index (χ2v) is 6.81. The fourth-order valence-electron chi connectivity index (χ4n) is 3.70. The monoisotopic (exact) mass is 348 g/mol. The fourth-order valence-corrected chi connectivity index (χ4v) is 3.70. The van der Waals surface area contributed by atoms with Gasteiger partial charge in [-0.15, -0.1) is 0 Å². The summed E-state index contributed by atoms with van der Waals surface area (Å²) in [5.41, 5.74) is 2.39. The average Bonchev–Trinajstić information content (AvgIpc) is 3.33. The minimum absolute atomic E-state index is 0.522. The highest BCUT2D eigenvalue weighted by Crippen LogP contribution is 2.26. The van der Waals surface area contributed by atoms with Crippen LogP contribution in [0.15, 0.2) is 65.2 Å². The van der Waals surface area contributed by atoms with Crippen LogP contribution in [0, 0.1) is 0 Å². The average molecular weight is 348 g/mol. The number of likely N-dealkylation sites (tertiary alicyclic amines) is 1. The molecule has 4 rings (SSSR count). The molecule has 0 radical (unpaired) electrons. The molecule has 0 unspecified atom stereocenters. The van der Waals surface area contributed by atoms with Crippen LogP contribution in [0.4, 0.5) is 0 Å². The van der Waals surface area contributed by atoms with E-state index in [-0.39, 0.29) is 0 Å². The van der Waals surface area contributed by atoms with Gasteiger partial charge in [-0.25, -0.2) is 4.98 Å². The molecule has 1 aliphatic rings. The molecule has 1 fully saturated rings. The number of nitrogens with zero attached hydrogens (tertiary/aromatic N) is 2. The van der Waals surface area contributed by atoms with Gasteiger partial charge in [0.05, 0.1) is 19.9 Å². The molecule has 0 spiro atoms. The maximum absolute atomic E-state index is 5.99. The molecule has 0 aliphatic carbocycles. The Morgan fingerprint density at radius 1 is 1.15 bits per heavy atom. The molecule has 4 heteroatoms. The number of oxazole rings is 1. The molecular formula is C22H24N2O2. The van der Waals surface area contributed by atoms with E-state index in [0.717, 1.165) is 42.5 Å². The zero-order chi connectivity index (χ0) is 17.8. The highest BCUT2D eigenvalue weighted by molar-refractivity contribution is 5.55. The molecule has 1 saturated heterocycles. The first-order valence-corrected chi connectivity index (χ1v) is 9.19. The van der Waals surface area contributed by atoms with Crippen molar-refractivity contribution < 1.29 is 9.15 Å².